The molecule has 1 heterocycles. The normalized spacial score (nSPS) is 11.8. The fraction of sp³-hybridized carbons (Fsp3) is 0.250. The lowest BCUT2D eigenvalue weighted by Crippen LogP contribution is -2.24. The Morgan fingerprint density at radius 3 is 2.80 bits per heavy atom. The van der Waals surface area contributed by atoms with Gasteiger partial charge in [0.05, 0.1) is 6.54 Å². The van der Waals surface area contributed by atoms with Crippen LogP contribution in [0.4, 0.5) is 4.39 Å². The van der Waals surface area contributed by atoms with Gasteiger partial charge in [0.25, 0.3) is 0 Å². The number of hydrogen-bond acceptors (Lipinski definition) is 5. The van der Waals surface area contributed by atoms with Crippen LogP contribution in [0.2, 0.25) is 0 Å². The van der Waals surface area contributed by atoms with Gasteiger partial charge >= 0.3 is 0 Å². The van der Waals surface area contributed by atoms with Crippen LogP contribution in [0.15, 0.2) is 28.5 Å². The molecular formula is C12H14FN3O2S2. The molecule has 0 aliphatic heterocycles. The van der Waals surface area contributed by atoms with Crippen molar-refractivity contribution in [3.63, 3.8) is 0 Å². The van der Waals surface area contributed by atoms with Gasteiger partial charge in [-0.05, 0) is 24.6 Å². The molecular weight excluding hydrogens is 301 g/mol. The first-order chi connectivity index (χ1) is 9.42. The smallest absolute Gasteiger partial charge is 0.243 e. The van der Waals surface area contributed by atoms with Crippen LogP contribution in [-0.2, 0) is 23.1 Å². The van der Waals surface area contributed by atoms with Crippen molar-refractivity contribution < 1.29 is 12.8 Å². The summed E-state index contributed by atoms with van der Waals surface area (Å²) in [6.07, 6.45) is 0. The number of hydrogen-bond donors (Lipinski definition) is 2. The van der Waals surface area contributed by atoms with Gasteiger partial charge in [-0.3, -0.25) is 0 Å². The third kappa shape index (κ3) is 3.40. The Labute approximate surface area is 120 Å². The summed E-state index contributed by atoms with van der Waals surface area (Å²) in [5.41, 5.74) is 6.81. The zero-order valence-electron chi connectivity index (χ0n) is 10.8. The number of benzene rings is 1. The minimum atomic E-state index is -3.93. The van der Waals surface area contributed by atoms with Gasteiger partial charge in [-0.2, -0.15) is 0 Å². The minimum absolute atomic E-state index is 0.0349. The van der Waals surface area contributed by atoms with Crippen LogP contribution in [0.5, 0.6) is 0 Å². The van der Waals surface area contributed by atoms with Gasteiger partial charge in [0, 0.05) is 17.6 Å². The number of rotatable bonds is 5. The van der Waals surface area contributed by atoms with Crippen LogP contribution in [-0.4, -0.2) is 13.4 Å². The van der Waals surface area contributed by atoms with Gasteiger partial charge in [0.15, 0.2) is 0 Å². The van der Waals surface area contributed by atoms with Gasteiger partial charge in [-0.25, -0.2) is 22.5 Å². The molecule has 3 N–H and O–H groups in total. The Hall–Kier alpha value is -1.35. The third-order valence-electron chi connectivity index (χ3n) is 2.60. The van der Waals surface area contributed by atoms with Gasteiger partial charge in [-0.15, -0.1) is 11.3 Å². The van der Waals surface area contributed by atoms with Crippen molar-refractivity contribution in [2.45, 2.75) is 24.9 Å². The van der Waals surface area contributed by atoms with Crippen LogP contribution >= 0.6 is 11.3 Å². The number of nitrogens with two attached hydrogens (primary N) is 1. The zero-order valence-corrected chi connectivity index (χ0v) is 12.4. The maximum absolute atomic E-state index is 13.7. The molecule has 0 aliphatic rings. The molecule has 0 spiro atoms. The predicted octanol–water partition coefficient (Wildman–Crippen LogP) is 1.53. The Balaban J connectivity index is 2.21. The highest BCUT2D eigenvalue weighted by Gasteiger charge is 2.19. The first-order valence-electron chi connectivity index (χ1n) is 5.81. The van der Waals surface area contributed by atoms with E-state index in [4.69, 9.17) is 5.73 Å². The van der Waals surface area contributed by atoms with E-state index in [1.807, 2.05) is 12.3 Å². The summed E-state index contributed by atoms with van der Waals surface area (Å²) < 4.78 is 40.2. The van der Waals surface area contributed by atoms with E-state index in [9.17, 15) is 12.8 Å². The molecule has 0 atom stereocenters. The average Bonchev–Trinajstić information content (AvgIpc) is 2.83. The zero-order chi connectivity index (χ0) is 14.8. The number of aryl methyl sites for hydroxylation is 1. The molecule has 8 heteroatoms. The minimum Gasteiger partial charge on any atom is -0.326 e. The Kier molecular flexibility index (Phi) is 4.48. The third-order valence-corrected chi connectivity index (χ3v) is 4.98. The summed E-state index contributed by atoms with van der Waals surface area (Å²) in [6.45, 7) is 2.00. The molecule has 0 aliphatic carbocycles. The predicted molar refractivity (Wildman–Crippen MR) is 75.2 cm³/mol. The number of halogens is 1. The Morgan fingerprint density at radius 1 is 1.45 bits per heavy atom. The molecule has 0 radical (unpaired) electrons. The summed E-state index contributed by atoms with van der Waals surface area (Å²) in [4.78, 5) is 3.75. The van der Waals surface area contributed by atoms with Gasteiger partial charge in [0.1, 0.15) is 15.7 Å². The Morgan fingerprint density at radius 2 is 2.20 bits per heavy atom. The van der Waals surface area contributed by atoms with Gasteiger partial charge < -0.3 is 5.73 Å². The Bertz CT molecular complexity index is 713. The largest absolute Gasteiger partial charge is 0.326 e. The first kappa shape index (κ1) is 15.0. The van der Waals surface area contributed by atoms with E-state index >= 15 is 0 Å². The van der Waals surface area contributed by atoms with E-state index in [1.54, 1.807) is 0 Å². The number of sulfonamides is 1. The van der Waals surface area contributed by atoms with E-state index in [2.05, 4.69) is 9.71 Å². The van der Waals surface area contributed by atoms with Crippen molar-refractivity contribution in [3.05, 3.63) is 45.7 Å². The molecule has 1 aromatic heterocycles. The van der Waals surface area contributed by atoms with Crippen LogP contribution in [0.1, 0.15) is 16.3 Å². The lowest BCUT2D eigenvalue weighted by molar-refractivity contribution is 0.556. The van der Waals surface area contributed by atoms with Crippen molar-refractivity contribution in [2.24, 2.45) is 5.73 Å². The van der Waals surface area contributed by atoms with E-state index in [0.717, 1.165) is 11.8 Å². The number of nitrogens with zero attached hydrogens (tertiary/aromatic N) is 1. The second-order valence-electron chi connectivity index (χ2n) is 4.18. The lowest BCUT2D eigenvalue weighted by Gasteiger charge is -2.08. The summed E-state index contributed by atoms with van der Waals surface area (Å²) in [7, 11) is -3.93. The highest BCUT2D eigenvalue weighted by molar-refractivity contribution is 7.89. The monoisotopic (exact) mass is 315 g/mol. The summed E-state index contributed by atoms with van der Waals surface area (Å²) in [5, 5.41) is 2.45. The molecule has 0 saturated carbocycles. The first-order valence-corrected chi connectivity index (χ1v) is 8.18. The quantitative estimate of drug-likeness (QED) is 0.876. The van der Waals surface area contributed by atoms with E-state index < -0.39 is 20.7 Å². The molecule has 20 heavy (non-hydrogen) atoms. The fourth-order valence-corrected chi connectivity index (χ4v) is 3.52. The maximum Gasteiger partial charge on any atom is 0.243 e. The van der Waals surface area contributed by atoms with Crippen LogP contribution < -0.4 is 10.5 Å². The van der Waals surface area contributed by atoms with Crippen molar-refractivity contribution in [1.29, 1.82) is 0 Å². The summed E-state index contributed by atoms with van der Waals surface area (Å²) >= 11 is 1.35. The van der Waals surface area contributed by atoms with Crippen LogP contribution in [0, 0.1) is 12.7 Å². The molecule has 0 fully saturated rings. The number of nitrogens with one attached hydrogen (secondary N) is 1. The summed E-state index contributed by atoms with van der Waals surface area (Å²) in [5.74, 6) is -0.801. The SMILES string of the molecule is Cc1csc(CNS(=O)(=O)c2cc(CN)ccc2F)n1. The van der Waals surface area contributed by atoms with Crippen molar-refractivity contribution >= 4 is 21.4 Å². The van der Waals surface area contributed by atoms with E-state index in [-0.39, 0.29) is 13.1 Å². The maximum atomic E-state index is 13.7. The van der Waals surface area contributed by atoms with Crippen molar-refractivity contribution in [1.82, 2.24) is 9.71 Å². The highest BCUT2D eigenvalue weighted by atomic mass is 32.2. The molecule has 108 valence electrons. The second-order valence-corrected chi connectivity index (χ2v) is 6.85. The summed E-state index contributed by atoms with van der Waals surface area (Å²) in [6, 6.07) is 3.80. The van der Waals surface area contributed by atoms with Gasteiger partial charge in [-0.1, -0.05) is 6.07 Å². The molecule has 0 unspecified atom stereocenters. The van der Waals surface area contributed by atoms with Crippen LogP contribution in [0.25, 0.3) is 0 Å². The number of thiazole rings is 1. The van der Waals surface area contributed by atoms with Crippen molar-refractivity contribution in [3.8, 4) is 0 Å². The van der Waals surface area contributed by atoms with Gasteiger partial charge in [0.2, 0.25) is 10.0 Å². The second kappa shape index (κ2) is 5.96. The molecule has 5 nitrogen and oxygen atoms in total. The number of aromatic nitrogens is 1. The molecule has 0 bridgehead atoms. The average molecular weight is 315 g/mol. The van der Waals surface area contributed by atoms with Crippen LogP contribution in [0.3, 0.4) is 0 Å². The van der Waals surface area contributed by atoms with E-state index in [0.29, 0.717) is 10.6 Å². The van der Waals surface area contributed by atoms with Crippen molar-refractivity contribution in [2.75, 3.05) is 0 Å². The standard InChI is InChI=1S/C12H14FN3O2S2/c1-8-7-19-12(16-8)6-15-20(17,18)11-4-9(5-14)2-3-10(11)13/h2-4,7,15H,5-6,14H2,1H3. The highest BCUT2D eigenvalue weighted by Crippen LogP contribution is 2.17. The topological polar surface area (TPSA) is 85.1 Å². The molecule has 0 amide bonds. The van der Waals surface area contributed by atoms with E-state index in [1.165, 1.54) is 23.5 Å². The molecule has 2 rings (SSSR count). The molecule has 2 aromatic rings. The molecule has 1 aromatic carbocycles. The fourth-order valence-electron chi connectivity index (χ4n) is 1.60. The lowest BCUT2D eigenvalue weighted by atomic mass is 10.2. The molecule has 0 saturated heterocycles.